The maximum absolute atomic E-state index is 5.11. The third kappa shape index (κ3) is 3.47. The Morgan fingerprint density at radius 1 is 0.800 bits per heavy atom. The molecule has 0 atom stereocenters. The number of hydrogen-bond donors (Lipinski definition) is 1. The highest BCUT2D eigenvalue weighted by Crippen LogP contribution is 2.36. The van der Waals surface area contributed by atoms with Gasteiger partial charge in [0.15, 0.2) is 5.82 Å². The van der Waals surface area contributed by atoms with E-state index in [-0.39, 0.29) is 0 Å². The van der Waals surface area contributed by atoms with Crippen molar-refractivity contribution in [2.24, 2.45) is 0 Å². The van der Waals surface area contributed by atoms with Gasteiger partial charge in [0.2, 0.25) is 0 Å². The molecule has 35 heavy (non-hydrogen) atoms. The first-order chi connectivity index (χ1) is 17.3. The van der Waals surface area contributed by atoms with Gasteiger partial charge in [0.1, 0.15) is 10.0 Å². The van der Waals surface area contributed by atoms with Crippen LogP contribution >= 0.6 is 11.3 Å². The predicted octanol–water partition coefficient (Wildman–Crippen LogP) is 7.07. The molecule has 0 fully saturated rings. The molecule has 166 valence electrons. The minimum atomic E-state index is 0.676. The molecule has 7 rings (SSSR count). The first-order valence-electron chi connectivity index (χ1n) is 11.5. The highest BCUT2D eigenvalue weighted by atomic mass is 32.1. The van der Waals surface area contributed by atoms with Crippen LogP contribution in [0.2, 0.25) is 0 Å². The Kier molecular flexibility index (Phi) is 4.63. The molecule has 1 aliphatic rings. The largest absolute Gasteiger partial charge is 0.372 e. The van der Waals surface area contributed by atoms with Crippen LogP contribution in [0.15, 0.2) is 91.1 Å². The van der Waals surface area contributed by atoms with Gasteiger partial charge < -0.3 is 5.32 Å². The first kappa shape index (κ1) is 20.0. The van der Waals surface area contributed by atoms with Crippen LogP contribution in [-0.4, -0.2) is 26.5 Å². The normalized spacial score (nSPS) is 12.6. The van der Waals surface area contributed by atoms with Gasteiger partial charge in [-0.1, -0.05) is 78.1 Å². The maximum Gasteiger partial charge on any atom is 0.160 e. The number of thiazole rings is 1. The molecule has 0 spiro atoms. The minimum absolute atomic E-state index is 0.676. The fraction of sp³-hybridized carbons (Fsp3) is 0.0345. The molecular formula is C29H19N5S. The van der Waals surface area contributed by atoms with E-state index in [2.05, 4.69) is 71.0 Å². The van der Waals surface area contributed by atoms with Gasteiger partial charge in [0.05, 0.1) is 22.6 Å². The first-order valence-corrected chi connectivity index (χ1v) is 12.3. The van der Waals surface area contributed by atoms with Gasteiger partial charge in [-0.15, -0.1) is 0 Å². The topological polar surface area (TPSA) is 63.6 Å². The van der Waals surface area contributed by atoms with Gasteiger partial charge >= 0.3 is 0 Å². The number of pyridine rings is 1. The molecule has 0 saturated heterocycles. The molecule has 6 heteroatoms. The molecule has 0 saturated carbocycles. The highest BCUT2D eigenvalue weighted by molar-refractivity contribution is 7.19. The van der Waals surface area contributed by atoms with E-state index in [1.54, 1.807) is 11.3 Å². The van der Waals surface area contributed by atoms with Crippen molar-refractivity contribution in [1.29, 1.82) is 0 Å². The molecule has 3 aromatic heterocycles. The number of nitrogens with one attached hydrogen (secondary N) is 1. The Bertz CT molecular complexity index is 1750. The number of rotatable bonds is 3. The zero-order valence-electron chi connectivity index (χ0n) is 18.6. The minimum Gasteiger partial charge on any atom is -0.372 e. The van der Waals surface area contributed by atoms with Gasteiger partial charge in [-0.25, -0.2) is 15.0 Å². The van der Waals surface area contributed by atoms with E-state index in [4.69, 9.17) is 15.0 Å². The lowest BCUT2D eigenvalue weighted by molar-refractivity contribution is 1.21. The Morgan fingerprint density at radius 2 is 1.69 bits per heavy atom. The predicted molar refractivity (Wildman–Crippen MR) is 144 cm³/mol. The smallest absolute Gasteiger partial charge is 0.160 e. The molecule has 0 aliphatic carbocycles. The third-order valence-corrected chi connectivity index (χ3v) is 7.23. The molecule has 0 radical (unpaired) electrons. The van der Waals surface area contributed by atoms with Gasteiger partial charge in [-0.3, -0.25) is 4.98 Å². The monoisotopic (exact) mass is 469 g/mol. The van der Waals surface area contributed by atoms with Crippen LogP contribution in [0.3, 0.4) is 0 Å². The number of aromatic nitrogens is 4. The summed E-state index contributed by atoms with van der Waals surface area (Å²) in [5, 5.41) is 8.73. The van der Waals surface area contributed by atoms with E-state index in [1.807, 2.05) is 36.5 Å². The van der Waals surface area contributed by atoms with Crippen LogP contribution in [0.25, 0.3) is 61.1 Å². The molecule has 4 heterocycles. The second-order valence-electron chi connectivity index (χ2n) is 8.39. The summed E-state index contributed by atoms with van der Waals surface area (Å²) in [6, 6.07) is 26.9. The van der Waals surface area contributed by atoms with E-state index in [0.29, 0.717) is 5.82 Å². The van der Waals surface area contributed by atoms with Crippen LogP contribution in [0.1, 0.15) is 5.69 Å². The Labute approximate surface area is 205 Å². The van der Waals surface area contributed by atoms with Crippen molar-refractivity contribution in [2.45, 2.75) is 0 Å². The molecule has 1 N–H and O–H groups in total. The molecule has 0 bridgehead atoms. The average molecular weight is 470 g/mol. The number of hydrogen-bond acceptors (Lipinski definition) is 6. The summed E-state index contributed by atoms with van der Waals surface area (Å²) in [4.78, 5) is 19.5. The average Bonchev–Trinajstić information content (AvgIpc) is 3.37. The Morgan fingerprint density at radius 3 is 2.60 bits per heavy atom. The van der Waals surface area contributed by atoms with Gasteiger partial charge in [-0.2, -0.15) is 0 Å². The number of nitrogens with zero attached hydrogens (tertiary/aromatic N) is 4. The second kappa shape index (κ2) is 8.11. The van der Waals surface area contributed by atoms with Crippen molar-refractivity contribution in [1.82, 2.24) is 19.9 Å². The van der Waals surface area contributed by atoms with Gasteiger partial charge in [-0.05, 0) is 35.0 Å². The Hall–Kier alpha value is -4.42. The summed E-state index contributed by atoms with van der Waals surface area (Å²) < 4.78 is 0. The fourth-order valence-corrected chi connectivity index (χ4v) is 5.45. The van der Waals surface area contributed by atoms with E-state index in [9.17, 15) is 0 Å². The summed E-state index contributed by atoms with van der Waals surface area (Å²) in [5.41, 5.74) is 5.62. The van der Waals surface area contributed by atoms with Crippen molar-refractivity contribution in [3.05, 3.63) is 96.8 Å². The summed E-state index contributed by atoms with van der Waals surface area (Å²) in [6.07, 6.45) is 5.94. The van der Waals surface area contributed by atoms with E-state index < -0.39 is 0 Å². The Balaban J connectivity index is 1.43. The van der Waals surface area contributed by atoms with Crippen molar-refractivity contribution in [3.8, 4) is 33.3 Å². The van der Waals surface area contributed by atoms with Crippen LogP contribution < -0.4 is 5.32 Å². The number of benzene rings is 3. The number of anilines is 1. The second-order valence-corrected chi connectivity index (χ2v) is 9.39. The van der Waals surface area contributed by atoms with Crippen LogP contribution in [0.5, 0.6) is 0 Å². The molecule has 3 aromatic carbocycles. The summed E-state index contributed by atoms with van der Waals surface area (Å²) in [7, 11) is 0. The third-order valence-electron chi connectivity index (χ3n) is 6.18. The van der Waals surface area contributed by atoms with Crippen molar-refractivity contribution >= 4 is 44.1 Å². The zero-order valence-corrected chi connectivity index (χ0v) is 19.5. The van der Waals surface area contributed by atoms with Gasteiger partial charge in [0, 0.05) is 29.3 Å². The van der Waals surface area contributed by atoms with Crippen molar-refractivity contribution in [2.75, 3.05) is 11.9 Å². The lowest BCUT2D eigenvalue weighted by atomic mass is 10.00. The van der Waals surface area contributed by atoms with Crippen LogP contribution in [0.4, 0.5) is 5.00 Å². The SMILES string of the molecule is C1=Cc2nc(-c3cc(-c4nc(-c5ccccc5)c5c(ccc6ccccc65)n4)ccn3)sc2NC1. The summed E-state index contributed by atoms with van der Waals surface area (Å²) in [6.45, 7) is 0.823. The van der Waals surface area contributed by atoms with E-state index in [1.165, 1.54) is 5.39 Å². The molecule has 5 nitrogen and oxygen atoms in total. The van der Waals surface area contributed by atoms with E-state index in [0.717, 1.165) is 61.1 Å². The number of fused-ring (bicyclic) bond motifs is 4. The maximum atomic E-state index is 5.11. The lowest BCUT2D eigenvalue weighted by Gasteiger charge is -2.12. The molecule has 1 aliphatic heterocycles. The lowest BCUT2D eigenvalue weighted by Crippen LogP contribution is -2.01. The molecular weight excluding hydrogens is 450 g/mol. The molecule has 6 aromatic rings. The zero-order chi connectivity index (χ0) is 23.2. The molecule has 0 unspecified atom stereocenters. The van der Waals surface area contributed by atoms with Crippen LogP contribution in [-0.2, 0) is 0 Å². The highest BCUT2D eigenvalue weighted by Gasteiger charge is 2.17. The van der Waals surface area contributed by atoms with E-state index >= 15 is 0 Å². The van der Waals surface area contributed by atoms with Crippen molar-refractivity contribution < 1.29 is 0 Å². The quantitative estimate of drug-likeness (QED) is 0.281. The van der Waals surface area contributed by atoms with Crippen molar-refractivity contribution in [3.63, 3.8) is 0 Å². The van der Waals surface area contributed by atoms with Gasteiger partial charge in [0.25, 0.3) is 0 Å². The molecule has 0 amide bonds. The fourth-order valence-electron chi connectivity index (χ4n) is 4.53. The summed E-state index contributed by atoms with van der Waals surface area (Å²) in [5.74, 6) is 0.676. The standard InChI is InChI=1S/C29H19N5S/c1-2-8-19(9-3-1)26-25-21-10-5-4-7-18(21)12-13-22(25)32-27(34-26)20-14-16-30-24(17-20)29-33-23-11-6-15-31-28(23)35-29/h1-14,16-17,31H,15H2. The van der Waals surface area contributed by atoms with Crippen LogP contribution in [0, 0.1) is 0 Å². The summed E-state index contributed by atoms with van der Waals surface area (Å²) >= 11 is 1.62.